The van der Waals surface area contributed by atoms with Gasteiger partial charge in [-0.25, -0.2) is 0 Å². The van der Waals surface area contributed by atoms with E-state index in [2.05, 4.69) is 15.9 Å². The van der Waals surface area contributed by atoms with Crippen LogP contribution in [0.3, 0.4) is 0 Å². The van der Waals surface area contributed by atoms with Gasteiger partial charge in [0.05, 0.1) is 15.1 Å². The Morgan fingerprint density at radius 3 is 2.25 bits per heavy atom. The highest BCUT2D eigenvalue weighted by Gasteiger charge is 2.27. The molecule has 0 heterocycles. The quantitative estimate of drug-likeness (QED) is 0.415. The number of allylic oxidation sites excluding steroid dienone is 3. The lowest BCUT2D eigenvalue weighted by Gasteiger charge is -2.23. The third kappa shape index (κ3) is 5.84. The van der Waals surface area contributed by atoms with Gasteiger partial charge in [0.1, 0.15) is 0 Å². The summed E-state index contributed by atoms with van der Waals surface area (Å²) in [5, 5.41) is 0.111. The number of alkyl halides is 5. The Morgan fingerprint density at radius 2 is 1.88 bits per heavy atom. The first-order chi connectivity index (χ1) is 7.31. The second kappa shape index (κ2) is 7.76. The first-order valence-electron chi connectivity index (χ1n) is 4.42. The van der Waals surface area contributed by atoms with Crippen LogP contribution in [0.5, 0.6) is 0 Å². The molecule has 3 atom stereocenters. The molecule has 0 spiro atoms. The zero-order valence-electron chi connectivity index (χ0n) is 8.57. The van der Waals surface area contributed by atoms with Crippen LogP contribution in [0.2, 0.25) is 0 Å². The van der Waals surface area contributed by atoms with Crippen molar-refractivity contribution in [1.29, 1.82) is 0 Å². The third-order valence-corrected chi connectivity index (χ3v) is 5.46. The van der Waals surface area contributed by atoms with E-state index in [0.717, 1.165) is 0 Å². The molecule has 0 aliphatic carbocycles. The van der Waals surface area contributed by atoms with E-state index < -0.39 is 15.1 Å². The van der Waals surface area contributed by atoms with Gasteiger partial charge in [-0.15, -0.1) is 46.4 Å². The van der Waals surface area contributed by atoms with Crippen LogP contribution in [0, 0.1) is 0 Å². The highest BCUT2D eigenvalue weighted by atomic mass is 79.9. The summed E-state index contributed by atoms with van der Waals surface area (Å²) in [5.41, 5.74) is 1.34. The van der Waals surface area contributed by atoms with Crippen molar-refractivity contribution in [3.63, 3.8) is 0 Å². The molecule has 0 aromatic heterocycles. The summed E-state index contributed by atoms with van der Waals surface area (Å²) < 4.78 is 0. The zero-order chi connectivity index (χ0) is 12.8. The molecule has 0 aromatic carbocycles. The van der Waals surface area contributed by atoms with Crippen molar-refractivity contribution in [2.45, 2.75) is 22.0 Å². The lowest BCUT2D eigenvalue weighted by molar-refractivity contribution is 0.790. The van der Waals surface area contributed by atoms with E-state index in [-0.39, 0.29) is 5.88 Å². The maximum absolute atomic E-state index is 6.17. The van der Waals surface area contributed by atoms with E-state index >= 15 is 0 Å². The normalized spacial score (nSPS) is 22.2. The summed E-state index contributed by atoms with van der Waals surface area (Å²) in [7, 11) is 0. The summed E-state index contributed by atoms with van der Waals surface area (Å²) in [6.45, 7) is 1.76. The Kier molecular flexibility index (Phi) is 8.44. The van der Waals surface area contributed by atoms with Gasteiger partial charge in [0.15, 0.2) is 0 Å². The molecule has 0 amide bonds. The predicted molar refractivity (Wildman–Crippen MR) is 81.1 cm³/mol. The minimum atomic E-state index is -0.754. The molecule has 0 rings (SSSR count). The van der Waals surface area contributed by atoms with Crippen LogP contribution in [-0.2, 0) is 0 Å². The smallest absolute Gasteiger partial charge is 0.0857 e. The number of hydrogen-bond donors (Lipinski definition) is 0. The van der Waals surface area contributed by atoms with Gasteiger partial charge in [-0.3, -0.25) is 0 Å². The summed E-state index contributed by atoms with van der Waals surface area (Å²) >= 11 is 33.0. The van der Waals surface area contributed by atoms with E-state index in [1.165, 1.54) is 5.54 Å². The number of halogens is 6. The minimum Gasteiger partial charge on any atom is -0.124 e. The molecule has 6 heteroatoms. The SMILES string of the molecule is C[C@@](Cl)(/C=C/Cl)[C@@H](Cl)/C=C/[C@@](Cl)(CCl)CBr. The molecule has 0 saturated heterocycles. The molecule has 0 saturated carbocycles. The van der Waals surface area contributed by atoms with Gasteiger partial charge < -0.3 is 0 Å². The molecule has 0 aliphatic heterocycles. The average Bonchev–Trinajstić information content (AvgIpc) is 2.25. The maximum atomic E-state index is 6.17. The van der Waals surface area contributed by atoms with E-state index in [1.807, 2.05) is 0 Å². The fourth-order valence-electron chi connectivity index (χ4n) is 0.785. The molecule has 0 N–H and O–H groups in total. The van der Waals surface area contributed by atoms with Crippen LogP contribution in [0.15, 0.2) is 23.8 Å². The molecule has 0 unspecified atom stereocenters. The van der Waals surface area contributed by atoms with Crippen molar-refractivity contribution in [2.75, 3.05) is 11.2 Å². The average molecular weight is 389 g/mol. The van der Waals surface area contributed by atoms with Gasteiger partial charge in [-0.2, -0.15) is 0 Å². The maximum Gasteiger partial charge on any atom is 0.0857 e. The Morgan fingerprint density at radius 1 is 1.31 bits per heavy atom. The molecule has 0 aliphatic rings. The van der Waals surface area contributed by atoms with Crippen LogP contribution < -0.4 is 0 Å². The first kappa shape index (κ1) is 17.4. The summed E-state index contributed by atoms with van der Waals surface area (Å²) in [4.78, 5) is -1.40. The Bertz CT molecular complexity index is 258. The largest absolute Gasteiger partial charge is 0.124 e. The van der Waals surface area contributed by atoms with Gasteiger partial charge in [-0.05, 0) is 6.92 Å². The van der Waals surface area contributed by atoms with E-state index in [1.54, 1.807) is 25.2 Å². The van der Waals surface area contributed by atoms with Gasteiger partial charge in [0.25, 0.3) is 0 Å². The minimum absolute atomic E-state index is 0.282. The van der Waals surface area contributed by atoms with Crippen molar-refractivity contribution < 1.29 is 0 Å². The third-order valence-electron chi connectivity index (χ3n) is 1.94. The molecule has 0 radical (unpaired) electrons. The van der Waals surface area contributed by atoms with Gasteiger partial charge in [0.2, 0.25) is 0 Å². The van der Waals surface area contributed by atoms with Gasteiger partial charge in [0, 0.05) is 16.7 Å². The highest BCUT2D eigenvalue weighted by molar-refractivity contribution is 9.09. The fraction of sp³-hybridized carbons (Fsp3) is 0.600. The lowest BCUT2D eigenvalue weighted by atomic mass is 10.0. The Balaban J connectivity index is 4.66. The molecule has 0 fully saturated rings. The highest BCUT2D eigenvalue weighted by Crippen LogP contribution is 2.29. The van der Waals surface area contributed by atoms with E-state index in [4.69, 9.17) is 58.0 Å². The second-order valence-corrected chi connectivity index (χ2v) is 6.62. The summed E-state index contributed by atoms with van der Waals surface area (Å²) in [6, 6.07) is 0. The van der Waals surface area contributed by atoms with Gasteiger partial charge in [-0.1, -0.05) is 45.8 Å². The lowest BCUT2D eigenvalue weighted by Crippen LogP contribution is -2.27. The van der Waals surface area contributed by atoms with Crippen LogP contribution in [0.1, 0.15) is 6.92 Å². The van der Waals surface area contributed by atoms with Crippen molar-refractivity contribution in [1.82, 2.24) is 0 Å². The number of hydrogen-bond acceptors (Lipinski definition) is 0. The van der Waals surface area contributed by atoms with Crippen LogP contribution >= 0.6 is 73.9 Å². The molecular formula is C10H12BrCl5. The molecule has 0 aromatic rings. The van der Waals surface area contributed by atoms with E-state index in [9.17, 15) is 0 Å². The van der Waals surface area contributed by atoms with Crippen molar-refractivity contribution in [3.8, 4) is 0 Å². The second-order valence-electron chi connectivity index (χ2n) is 3.51. The van der Waals surface area contributed by atoms with Crippen molar-refractivity contribution in [3.05, 3.63) is 23.8 Å². The van der Waals surface area contributed by atoms with E-state index in [0.29, 0.717) is 5.33 Å². The van der Waals surface area contributed by atoms with Crippen LogP contribution in [0.25, 0.3) is 0 Å². The predicted octanol–water partition coefficient (Wildman–Crippen LogP) is 5.51. The molecule has 0 bridgehead atoms. The molecular weight excluding hydrogens is 377 g/mol. The monoisotopic (exact) mass is 386 g/mol. The molecule has 94 valence electrons. The first-order valence-corrected chi connectivity index (χ1v) is 7.71. The van der Waals surface area contributed by atoms with Gasteiger partial charge >= 0.3 is 0 Å². The fourth-order valence-corrected chi connectivity index (χ4v) is 2.26. The zero-order valence-corrected chi connectivity index (χ0v) is 13.9. The summed E-state index contributed by atoms with van der Waals surface area (Å²) in [5.74, 6) is 0.282. The van der Waals surface area contributed by atoms with Crippen LogP contribution in [0.4, 0.5) is 0 Å². The Hall–Kier alpha value is 1.41. The summed E-state index contributed by atoms with van der Waals surface area (Å²) in [6.07, 6.45) is 5.08. The molecule has 0 nitrogen and oxygen atoms in total. The topological polar surface area (TPSA) is 0 Å². The van der Waals surface area contributed by atoms with Crippen LogP contribution in [-0.4, -0.2) is 26.3 Å². The van der Waals surface area contributed by atoms with Crippen molar-refractivity contribution in [2.24, 2.45) is 0 Å². The number of rotatable bonds is 6. The standard InChI is InChI=1S/C10H12BrCl5/c1-9(15,4-5-12)8(14)2-3-10(16,6-11)7-13/h2-5,8H,6-7H2,1H3/b3-2+,5-4+/t8-,9+,10-/m0/s1. The Labute approximate surface area is 130 Å². The molecule has 16 heavy (non-hydrogen) atoms. The van der Waals surface area contributed by atoms with Crippen molar-refractivity contribution >= 4 is 73.9 Å².